The van der Waals surface area contributed by atoms with Crippen LogP contribution in [0.1, 0.15) is 10.4 Å². The van der Waals surface area contributed by atoms with Gasteiger partial charge in [-0.2, -0.15) is 0 Å². The molecule has 0 spiro atoms. The molecule has 0 aliphatic carbocycles. The van der Waals surface area contributed by atoms with Crippen LogP contribution in [0.25, 0.3) is 0 Å². The van der Waals surface area contributed by atoms with Gasteiger partial charge in [0.2, 0.25) is 0 Å². The Balaban J connectivity index is 2.19. The first-order valence-corrected chi connectivity index (χ1v) is 6.06. The molecule has 0 aliphatic heterocycles. The summed E-state index contributed by atoms with van der Waals surface area (Å²) >= 11 is 5.96. The summed E-state index contributed by atoms with van der Waals surface area (Å²) in [5.74, 6) is -0.562. The number of phenolic OH excluding ortho intramolecular Hbond substituents is 2. The summed E-state index contributed by atoms with van der Waals surface area (Å²) in [6.07, 6.45) is 0. The minimum Gasteiger partial charge on any atom is -0.504 e. The summed E-state index contributed by atoms with van der Waals surface area (Å²) in [5.41, 5.74) is 0.709. The normalized spacial score (nSPS) is 10.1. The van der Waals surface area contributed by atoms with Crippen molar-refractivity contribution >= 4 is 23.2 Å². The van der Waals surface area contributed by atoms with Crippen molar-refractivity contribution in [2.24, 2.45) is 0 Å². The van der Waals surface area contributed by atoms with Crippen molar-refractivity contribution in [2.45, 2.75) is 0 Å². The molecule has 3 N–H and O–H groups in total. The van der Waals surface area contributed by atoms with Crippen LogP contribution >= 0.6 is 11.6 Å². The standard InChI is InChI=1S/C14H12ClNO4/c1-20-13-5-3-9(7-10(13)15)16-14(19)8-2-4-11(17)12(18)6-8/h2-7,17-18H,1H3,(H,16,19). The zero-order chi connectivity index (χ0) is 14.7. The lowest BCUT2D eigenvalue weighted by Crippen LogP contribution is -2.11. The first kappa shape index (κ1) is 14.0. The molecule has 0 atom stereocenters. The van der Waals surface area contributed by atoms with Crippen LogP contribution in [-0.4, -0.2) is 23.2 Å². The molecule has 20 heavy (non-hydrogen) atoms. The highest BCUT2D eigenvalue weighted by Crippen LogP contribution is 2.28. The van der Waals surface area contributed by atoms with Crippen molar-refractivity contribution in [3.8, 4) is 17.2 Å². The van der Waals surface area contributed by atoms with Crippen molar-refractivity contribution in [1.82, 2.24) is 0 Å². The molecule has 2 aromatic carbocycles. The predicted octanol–water partition coefficient (Wildman–Crippen LogP) is 3.01. The van der Waals surface area contributed by atoms with Gasteiger partial charge in [0.05, 0.1) is 12.1 Å². The van der Waals surface area contributed by atoms with Gasteiger partial charge in [0.15, 0.2) is 11.5 Å². The van der Waals surface area contributed by atoms with Gasteiger partial charge in [-0.3, -0.25) is 4.79 Å². The molecule has 5 nitrogen and oxygen atoms in total. The molecule has 6 heteroatoms. The van der Waals surface area contributed by atoms with Gasteiger partial charge in [0.25, 0.3) is 5.91 Å². The number of ether oxygens (including phenoxy) is 1. The number of nitrogens with one attached hydrogen (secondary N) is 1. The second-order valence-corrected chi connectivity index (χ2v) is 4.41. The number of amides is 1. The zero-order valence-corrected chi connectivity index (χ0v) is 11.3. The summed E-state index contributed by atoms with van der Waals surface area (Å²) < 4.78 is 5.01. The van der Waals surface area contributed by atoms with E-state index in [9.17, 15) is 15.0 Å². The molecule has 2 rings (SSSR count). The highest BCUT2D eigenvalue weighted by molar-refractivity contribution is 6.32. The zero-order valence-electron chi connectivity index (χ0n) is 10.6. The van der Waals surface area contributed by atoms with Crippen molar-refractivity contribution in [3.05, 3.63) is 47.0 Å². The van der Waals surface area contributed by atoms with Gasteiger partial charge >= 0.3 is 0 Å². The number of benzene rings is 2. The van der Waals surface area contributed by atoms with Crippen molar-refractivity contribution in [1.29, 1.82) is 0 Å². The smallest absolute Gasteiger partial charge is 0.255 e. The van der Waals surface area contributed by atoms with Gasteiger partial charge in [-0.15, -0.1) is 0 Å². The van der Waals surface area contributed by atoms with E-state index in [0.29, 0.717) is 16.5 Å². The molecule has 104 valence electrons. The second kappa shape index (κ2) is 5.71. The highest BCUT2D eigenvalue weighted by atomic mass is 35.5. The summed E-state index contributed by atoms with van der Waals surface area (Å²) in [4.78, 5) is 12.0. The largest absolute Gasteiger partial charge is 0.504 e. The maximum absolute atomic E-state index is 12.0. The molecule has 0 aliphatic rings. The molecular formula is C14H12ClNO4. The van der Waals surface area contributed by atoms with E-state index in [1.807, 2.05) is 0 Å². The molecule has 0 fully saturated rings. The number of aromatic hydroxyl groups is 2. The van der Waals surface area contributed by atoms with Crippen LogP contribution in [0, 0.1) is 0 Å². The number of rotatable bonds is 3. The lowest BCUT2D eigenvalue weighted by atomic mass is 10.2. The number of hydrogen-bond acceptors (Lipinski definition) is 4. The number of carbonyl (C=O) groups is 1. The summed E-state index contributed by atoms with van der Waals surface area (Å²) in [6.45, 7) is 0. The monoisotopic (exact) mass is 293 g/mol. The third-order valence-corrected chi connectivity index (χ3v) is 2.94. The lowest BCUT2D eigenvalue weighted by molar-refractivity contribution is 0.102. The molecule has 0 saturated carbocycles. The van der Waals surface area contributed by atoms with Crippen LogP contribution in [0.4, 0.5) is 5.69 Å². The van der Waals surface area contributed by atoms with Gasteiger partial charge in [-0.05, 0) is 36.4 Å². The van der Waals surface area contributed by atoms with Crippen LogP contribution in [0.15, 0.2) is 36.4 Å². The first-order chi connectivity index (χ1) is 9.51. The van der Waals surface area contributed by atoms with E-state index in [1.54, 1.807) is 18.2 Å². The van der Waals surface area contributed by atoms with Crippen LogP contribution in [0.2, 0.25) is 5.02 Å². The second-order valence-electron chi connectivity index (χ2n) is 4.01. The Hall–Kier alpha value is -2.40. The van der Waals surface area contributed by atoms with Crippen LogP contribution in [0.5, 0.6) is 17.2 Å². The molecule has 0 saturated heterocycles. The van der Waals surface area contributed by atoms with E-state index < -0.39 is 5.91 Å². The van der Waals surface area contributed by atoms with E-state index >= 15 is 0 Å². The Morgan fingerprint density at radius 1 is 1.15 bits per heavy atom. The molecule has 2 aromatic rings. The molecule has 0 radical (unpaired) electrons. The fourth-order valence-corrected chi connectivity index (χ4v) is 1.87. The number of anilines is 1. The minimum atomic E-state index is -0.429. The Labute approximate surface area is 120 Å². The van der Waals surface area contributed by atoms with E-state index in [0.717, 1.165) is 0 Å². The van der Waals surface area contributed by atoms with Crippen LogP contribution < -0.4 is 10.1 Å². The van der Waals surface area contributed by atoms with Crippen molar-refractivity contribution < 1.29 is 19.7 Å². The Kier molecular flexibility index (Phi) is 4.00. The number of carbonyl (C=O) groups excluding carboxylic acids is 1. The van der Waals surface area contributed by atoms with Crippen molar-refractivity contribution in [3.63, 3.8) is 0 Å². The molecule has 0 bridgehead atoms. The van der Waals surface area contributed by atoms with Crippen LogP contribution in [-0.2, 0) is 0 Å². The highest BCUT2D eigenvalue weighted by Gasteiger charge is 2.10. The van der Waals surface area contributed by atoms with E-state index in [4.69, 9.17) is 16.3 Å². The Morgan fingerprint density at radius 3 is 2.50 bits per heavy atom. The summed E-state index contributed by atoms with van der Waals surface area (Å²) in [6, 6.07) is 8.64. The average molecular weight is 294 g/mol. The third-order valence-electron chi connectivity index (χ3n) is 2.65. The Bertz CT molecular complexity index is 658. The maximum atomic E-state index is 12.0. The summed E-state index contributed by atoms with van der Waals surface area (Å²) in [5, 5.41) is 21.6. The SMILES string of the molecule is COc1ccc(NC(=O)c2ccc(O)c(O)c2)cc1Cl. The maximum Gasteiger partial charge on any atom is 0.255 e. The van der Waals surface area contributed by atoms with Crippen molar-refractivity contribution in [2.75, 3.05) is 12.4 Å². The van der Waals surface area contributed by atoms with Gasteiger partial charge < -0.3 is 20.3 Å². The minimum absolute atomic E-state index is 0.215. The first-order valence-electron chi connectivity index (χ1n) is 5.68. The van der Waals surface area contributed by atoms with Crippen LogP contribution in [0.3, 0.4) is 0 Å². The number of hydrogen-bond donors (Lipinski definition) is 3. The average Bonchev–Trinajstić information content (AvgIpc) is 2.42. The van der Waals surface area contributed by atoms with Gasteiger partial charge in [-0.25, -0.2) is 0 Å². The number of halogens is 1. The lowest BCUT2D eigenvalue weighted by Gasteiger charge is -2.08. The van der Waals surface area contributed by atoms with Gasteiger partial charge in [-0.1, -0.05) is 11.6 Å². The van der Waals surface area contributed by atoms with E-state index in [-0.39, 0.29) is 17.1 Å². The molecule has 0 unspecified atom stereocenters. The third kappa shape index (κ3) is 2.95. The van der Waals surface area contributed by atoms with E-state index in [1.165, 1.54) is 25.3 Å². The molecule has 0 aromatic heterocycles. The fourth-order valence-electron chi connectivity index (χ4n) is 1.61. The number of methoxy groups -OCH3 is 1. The van der Waals surface area contributed by atoms with Gasteiger partial charge in [0.1, 0.15) is 5.75 Å². The number of phenols is 2. The topological polar surface area (TPSA) is 78.8 Å². The molecule has 0 heterocycles. The Morgan fingerprint density at radius 2 is 1.90 bits per heavy atom. The van der Waals surface area contributed by atoms with Gasteiger partial charge in [0, 0.05) is 11.3 Å². The predicted molar refractivity (Wildman–Crippen MR) is 75.7 cm³/mol. The molecular weight excluding hydrogens is 282 g/mol. The van der Waals surface area contributed by atoms with E-state index in [2.05, 4.69) is 5.32 Å². The molecule has 1 amide bonds. The fraction of sp³-hybridized carbons (Fsp3) is 0.0714. The summed E-state index contributed by atoms with van der Waals surface area (Å²) in [7, 11) is 1.50. The quantitative estimate of drug-likeness (QED) is 0.760.